The first-order valence-corrected chi connectivity index (χ1v) is 7.68. The van der Waals surface area contributed by atoms with Gasteiger partial charge in [0.15, 0.2) is 0 Å². The molecule has 0 aliphatic carbocycles. The smallest absolute Gasteiger partial charge is 0.417 e. The topological polar surface area (TPSA) is 33.0 Å². The van der Waals surface area contributed by atoms with Crippen molar-refractivity contribution in [1.29, 1.82) is 5.26 Å². The van der Waals surface area contributed by atoms with Crippen LogP contribution in [0.15, 0.2) is 35.2 Å². The van der Waals surface area contributed by atoms with E-state index in [-0.39, 0.29) is 11.3 Å². The molecule has 1 aliphatic rings. The maximum atomic E-state index is 14.1. The SMILES string of the molecule is N#Cc1cc(F)cc(Oc2ccc(C(F)(F)F)c3c2[C@@H](F)C(F)(F)S3)c1. The molecule has 0 N–H and O–H groups in total. The highest BCUT2D eigenvalue weighted by Gasteiger charge is 2.54. The number of fused-ring (bicyclic) bond motifs is 1. The zero-order valence-corrected chi connectivity index (χ0v) is 13.2. The molecule has 0 unspecified atom stereocenters. The summed E-state index contributed by atoms with van der Waals surface area (Å²) < 4.78 is 99.1. The molecular formula is C16H6F7NOS. The summed E-state index contributed by atoms with van der Waals surface area (Å²) in [7, 11) is 0. The zero-order valence-electron chi connectivity index (χ0n) is 12.4. The molecule has 26 heavy (non-hydrogen) atoms. The second-order valence-electron chi connectivity index (χ2n) is 5.27. The molecule has 0 spiro atoms. The Hall–Kier alpha value is -2.41. The molecular weight excluding hydrogens is 387 g/mol. The first kappa shape index (κ1) is 18.4. The summed E-state index contributed by atoms with van der Waals surface area (Å²) in [6, 6.07) is 5.50. The van der Waals surface area contributed by atoms with Crippen molar-refractivity contribution < 1.29 is 35.5 Å². The number of hydrogen-bond acceptors (Lipinski definition) is 3. The number of benzene rings is 2. The summed E-state index contributed by atoms with van der Waals surface area (Å²) in [4.78, 5) is -0.982. The summed E-state index contributed by atoms with van der Waals surface area (Å²) in [5, 5.41) is 4.67. The Morgan fingerprint density at radius 1 is 1.15 bits per heavy atom. The van der Waals surface area contributed by atoms with Gasteiger partial charge in [0.25, 0.3) is 0 Å². The normalized spacial score (nSPS) is 18.3. The van der Waals surface area contributed by atoms with E-state index in [1.54, 1.807) is 6.07 Å². The summed E-state index contributed by atoms with van der Waals surface area (Å²) in [5.41, 5.74) is -2.54. The third-order valence-corrected chi connectivity index (χ3v) is 4.60. The maximum Gasteiger partial charge on any atom is 0.417 e. The Bertz CT molecular complexity index is 920. The van der Waals surface area contributed by atoms with Crippen LogP contribution in [0, 0.1) is 17.1 Å². The summed E-state index contributed by atoms with van der Waals surface area (Å²) in [5.74, 6) is -1.84. The van der Waals surface area contributed by atoms with Crippen molar-refractivity contribution in [2.75, 3.05) is 0 Å². The molecule has 2 aromatic carbocycles. The molecule has 10 heteroatoms. The number of alkyl halides is 6. The van der Waals surface area contributed by atoms with Gasteiger partial charge in [-0.2, -0.15) is 27.2 Å². The van der Waals surface area contributed by atoms with Gasteiger partial charge in [-0.15, -0.1) is 0 Å². The van der Waals surface area contributed by atoms with Crippen molar-refractivity contribution in [2.24, 2.45) is 0 Å². The van der Waals surface area contributed by atoms with Crippen molar-refractivity contribution >= 4 is 11.8 Å². The van der Waals surface area contributed by atoms with Crippen LogP contribution in [0.4, 0.5) is 30.7 Å². The lowest BCUT2D eigenvalue weighted by atomic mass is 10.0. The molecule has 0 saturated heterocycles. The molecule has 2 nitrogen and oxygen atoms in total. The van der Waals surface area contributed by atoms with Gasteiger partial charge in [0.05, 0.1) is 22.8 Å². The molecule has 0 radical (unpaired) electrons. The van der Waals surface area contributed by atoms with Gasteiger partial charge in [-0.05, 0) is 36.0 Å². The molecule has 1 heterocycles. The number of thioether (sulfide) groups is 1. The van der Waals surface area contributed by atoms with Gasteiger partial charge < -0.3 is 4.74 Å². The van der Waals surface area contributed by atoms with E-state index in [0.717, 1.165) is 18.2 Å². The predicted octanol–water partition coefficient (Wildman–Crippen LogP) is 6.22. The molecule has 2 aromatic rings. The van der Waals surface area contributed by atoms with Crippen LogP contribution in [0.3, 0.4) is 0 Å². The lowest BCUT2D eigenvalue weighted by molar-refractivity contribution is -0.139. The first-order valence-electron chi connectivity index (χ1n) is 6.86. The van der Waals surface area contributed by atoms with Crippen molar-refractivity contribution in [3.8, 4) is 17.6 Å². The van der Waals surface area contributed by atoms with E-state index >= 15 is 0 Å². The molecule has 0 saturated carbocycles. The van der Waals surface area contributed by atoms with Gasteiger partial charge in [0.2, 0.25) is 6.17 Å². The standard InChI is InChI=1S/C16H6F7NOS/c17-8-3-7(6-24)4-9(5-8)25-11-2-1-10(15(19,20)21)13-12(11)14(18)16(22,23)26-13/h1-5,14H/t14-/m1/s1. The van der Waals surface area contributed by atoms with E-state index in [0.29, 0.717) is 12.1 Å². The fourth-order valence-electron chi connectivity index (χ4n) is 2.41. The summed E-state index contributed by atoms with van der Waals surface area (Å²) in [6.45, 7) is 0. The Labute approximate surface area is 146 Å². The van der Waals surface area contributed by atoms with Crippen molar-refractivity contribution in [3.05, 3.63) is 52.8 Å². The van der Waals surface area contributed by atoms with Gasteiger partial charge in [-0.25, -0.2) is 8.78 Å². The van der Waals surface area contributed by atoms with Crippen LogP contribution < -0.4 is 4.74 Å². The number of halogens is 7. The minimum atomic E-state index is -4.97. The highest BCUT2D eigenvalue weighted by molar-refractivity contribution is 8.00. The van der Waals surface area contributed by atoms with E-state index in [4.69, 9.17) is 10.00 Å². The van der Waals surface area contributed by atoms with Crippen molar-refractivity contribution in [2.45, 2.75) is 22.5 Å². The largest absolute Gasteiger partial charge is 0.457 e. The van der Waals surface area contributed by atoms with Crippen LogP contribution in [-0.2, 0) is 6.18 Å². The molecule has 0 bridgehead atoms. The lowest BCUT2D eigenvalue weighted by Crippen LogP contribution is -2.12. The predicted molar refractivity (Wildman–Crippen MR) is 77.3 cm³/mol. The van der Waals surface area contributed by atoms with E-state index in [2.05, 4.69) is 0 Å². The fraction of sp³-hybridized carbons (Fsp3) is 0.188. The average Bonchev–Trinajstić information content (AvgIpc) is 2.76. The van der Waals surface area contributed by atoms with E-state index in [9.17, 15) is 30.7 Å². The first-order chi connectivity index (χ1) is 12.0. The highest BCUT2D eigenvalue weighted by Crippen LogP contribution is 2.61. The average molecular weight is 393 g/mol. The maximum absolute atomic E-state index is 14.1. The van der Waals surface area contributed by atoms with Crippen LogP contribution in [0.2, 0.25) is 0 Å². The van der Waals surface area contributed by atoms with E-state index < -0.39 is 57.0 Å². The van der Waals surface area contributed by atoms with Gasteiger partial charge in [-0.1, -0.05) is 0 Å². The molecule has 0 fully saturated rings. The molecule has 136 valence electrons. The number of nitrogens with zero attached hydrogens (tertiary/aromatic N) is 1. The second kappa shape index (κ2) is 6.09. The Kier molecular flexibility index (Phi) is 4.30. The van der Waals surface area contributed by atoms with Gasteiger partial charge in [0, 0.05) is 11.0 Å². The van der Waals surface area contributed by atoms with Gasteiger partial charge >= 0.3 is 11.4 Å². The summed E-state index contributed by atoms with van der Waals surface area (Å²) in [6.07, 6.45) is -8.01. The zero-order chi connectivity index (χ0) is 19.3. The van der Waals surface area contributed by atoms with Crippen molar-refractivity contribution in [1.82, 2.24) is 0 Å². The Balaban J connectivity index is 2.12. The van der Waals surface area contributed by atoms with E-state index in [1.807, 2.05) is 0 Å². The van der Waals surface area contributed by atoms with Gasteiger partial charge in [0.1, 0.15) is 17.3 Å². The van der Waals surface area contributed by atoms with E-state index in [1.165, 1.54) is 0 Å². The molecule has 3 rings (SSSR count). The van der Waals surface area contributed by atoms with Crippen LogP contribution in [0.1, 0.15) is 22.9 Å². The minimum Gasteiger partial charge on any atom is -0.457 e. The molecule has 1 atom stereocenters. The minimum absolute atomic E-state index is 0.167. The number of ether oxygens (including phenoxy) is 1. The van der Waals surface area contributed by atoms with Gasteiger partial charge in [-0.3, -0.25) is 0 Å². The third kappa shape index (κ3) is 3.19. The molecule has 1 aliphatic heterocycles. The lowest BCUT2D eigenvalue weighted by Gasteiger charge is -2.15. The second-order valence-corrected chi connectivity index (χ2v) is 6.42. The summed E-state index contributed by atoms with van der Waals surface area (Å²) >= 11 is -0.544. The highest BCUT2D eigenvalue weighted by atomic mass is 32.2. The fourth-order valence-corrected chi connectivity index (χ4v) is 3.51. The van der Waals surface area contributed by atoms with Crippen LogP contribution in [0.5, 0.6) is 11.5 Å². The number of rotatable bonds is 2. The monoisotopic (exact) mass is 393 g/mol. The quantitative estimate of drug-likeness (QED) is 0.568. The van der Waals surface area contributed by atoms with Crippen LogP contribution in [0.25, 0.3) is 0 Å². The van der Waals surface area contributed by atoms with Crippen LogP contribution >= 0.6 is 11.8 Å². The Morgan fingerprint density at radius 3 is 2.46 bits per heavy atom. The van der Waals surface area contributed by atoms with Crippen molar-refractivity contribution in [3.63, 3.8) is 0 Å². The Morgan fingerprint density at radius 2 is 1.85 bits per heavy atom. The number of nitriles is 1. The third-order valence-electron chi connectivity index (χ3n) is 3.48. The molecule has 0 amide bonds. The number of hydrogen-bond donors (Lipinski definition) is 0. The van der Waals surface area contributed by atoms with Crippen LogP contribution in [-0.4, -0.2) is 5.25 Å². The molecule has 0 aromatic heterocycles.